The highest BCUT2D eigenvalue weighted by Crippen LogP contribution is 2.20. The van der Waals surface area contributed by atoms with E-state index in [9.17, 15) is 4.79 Å². The fourth-order valence-electron chi connectivity index (χ4n) is 1.79. The Labute approximate surface area is 82.4 Å². The first-order chi connectivity index (χ1) is 5.77. The topological polar surface area (TPSA) is 20.3 Å². The van der Waals surface area contributed by atoms with Crippen LogP contribution in [0.4, 0.5) is 0 Å². The number of carbonyl (C=O) groups excluding carboxylic acids is 1. The van der Waals surface area contributed by atoms with Crippen molar-refractivity contribution in [1.29, 1.82) is 0 Å². The SMILES string of the molecule is CCCC1CCN(C(=O)CBr)C1. The van der Waals surface area contributed by atoms with Crippen LogP contribution in [0.1, 0.15) is 26.2 Å². The van der Waals surface area contributed by atoms with Crippen LogP contribution in [0.25, 0.3) is 0 Å². The van der Waals surface area contributed by atoms with Crippen LogP contribution in [0.2, 0.25) is 0 Å². The number of halogens is 1. The second kappa shape index (κ2) is 4.85. The summed E-state index contributed by atoms with van der Waals surface area (Å²) in [5, 5.41) is 0.478. The first-order valence-corrected chi connectivity index (χ1v) is 5.73. The summed E-state index contributed by atoms with van der Waals surface area (Å²) >= 11 is 3.19. The molecule has 1 rings (SSSR count). The fourth-order valence-corrected chi connectivity index (χ4v) is 2.14. The van der Waals surface area contributed by atoms with Crippen LogP contribution in [0, 0.1) is 5.92 Å². The Hall–Kier alpha value is -0.0500. The molecule has 12 heavy (non-hydrogen) atoms. The van der Waals surface area contributed by atoms with Gasteiger partial charge in [0.25, 0.3) is 0 Å². The molecule has 1 fully saturated rings. The number of hydrogen-bond donors (Lipinski definition) is 0. The molecule has 0 saturated carbocycles. The van der Waals surface area contributed by atoms with E-state index in [2.05, 4.69) is 22.9 Å². The Morgan fingerprint density at radius 3 is 3.00 bits per heavy atom. The molecule has 0 spiro atoms. The maximum absolute atomic E-state index is 11.2. The van der Waals surface area contributed by atoms with Crippen molar-refractivity contribution in [3.05, 3.63) is 0 Å². The molecule has 70 valence electrons. The normalized spacial score (nSPS) is 23.2. The van der Waals surface area contributed by atoms with Crippen LogP contribution >= 0.6 is 15.9 Å². The zero-order valence-corrected chi connectivity index (χ0v) is 9.14. The van der Waals surface area contributed by atoms with E-state index in [-0.39, 0.29) is 5.91 Å². The lowest BCUT2D eigenvalue weighted by atomic mass is 10.0. The van der Waals surface area contributed by atoms with Gasteiger partial charge in [-0.2, -0.15) is 0 Å². The average molecular weight is 234 g/mol. The highest BCUT2D eigenvalue weighted by Gasteiger charge is 2.24. The molecule has 0 bridgehead atoms. The minimum atomic E-state index is 0.244. The van der Waals surface area contributed by atoms with Crippen molar-refractivity contribution in [2.75, 3.05) is 18.4 Å². The Morgan fingerprint density at radius 1 is 1.67 bits per heavy atom. The molecule has 1 amide bonds. The predicted molar refractivity (Wildman–Crippen MR) is 53.4 cm³/mol. The van der Waals surface area contributed by atoms with E-state index >= 15 is 0 Å². The minimum Gasteiger partial charge on any atom is -0.342 e. The van der Waals surface area contributed by atoms with E-state index in [1.807, 2.05) is 4.90 Å². The van der Waals surface area contributed by atoms with Crippen LogP contribution in [0.3, 0.4) is 0 Å². The van der Waals surface area contributed by atoms with E-state index < -0.39 is 0 Å². The van der Waals surface area contributed by atoms with E-state index in [1.165, 1.54) is 19.3 Å². The van der Waals surface area contributed by atoms with Crippen LogP contribution in [-0.2, 0) is 4.79 Å². The van der Waals surface area contributed by atoms with Crippen LogP contribution in [0.5, 0.6) is 0 Å². The lowest BCUT2D eigenvalue weighted by molar-refractivity contribution is -0.127. The van der Waals surface area contributed by atoms with Gasteiger partial charge in [-0.15, -0.1) is 0 Å². The Bertz CT molecular complexity index is 161. The van der Waals surface area contributed by atoms with Gasteiger partial charge in [-0.3, -0.25) is 4.79 Å². The van der Waals surface area contributed by atoms with Gasteiger partial charge in [0.2, 0.25) is 5.91 Å². The monoisotopic (exact) mass is 233 g/mol. The first kappa shape index (κ1) is 10.0. The van der Waals surface area contributed by atoms with Gasteiger partial charge in [-0.05, 0) is 18.8 Å². The highest BCUT2D eigenvalue weighted by atomic mass is 79.9. The number of hydrogen-bond acceptors (Lipinski definition) is 1. The van der Waals surface area contributed by atoms with Crippen molar-refractivity contribution >= 4 is 21.8 Å². The molecule has 2 nitrogen and oxygen atoms in total. The van der Waals surface area contributed by atoms with Crippen LogP contribution in [0.15, 0.2) is 0 Å². The maximum atomic E-state index is 11.2. The highest BCUT2D eigenvalue weighted by molar-refractivity contribution is 9.09. The molecule has 0 aromatic carbocycles. The molecule has 3 heteroatoms. The molecule has 1 atom stereocenters. The lowest BCUT2D eigenvalue weighted by Crippen LogP contribution is -2.29. The minimum absolute atomic E-state index is 0.244. The van der Waals surface area contributed by atoms with Crippen LogP contribution < -0.4 is 0 Å². The summed E-state index contributed by atoms with van der Waals surface area (Å²) in [6, 6.07) is 0. The van der Waals surface area contributed by atoms with Crippen LogP contribution in [-0.4, -0.2) is 29.2 Å². The summed E-state index contributed by atoms with van der Waals surface area (Å²) in [5.41, 5.74) is 0. The number of amides is 1. The second-order valence-corrected chi connectivity index (χ2v) is 3.98. The van der Waals surface area contributed by atoms with Crippen molar-refractivity contribution in [2.24, 2.45) is 5.92 Å². The van der Waals surface area contributed by atoms with Gasteiger partial charge in [-0.25, -0.2) is 0 Å². The van der Waals surface area contributed by atoms with Crippen molar-refractivity contribution in [2.45, 2.75) is 26.2 Å². The number of carbonyl (C=O) groups is 1. The number of rotatable bonds is 3. The van der Waals surface area contributed by atoms with Gasteiger partial charge < -0.3 is 4.90 Å². The summed E-state index contributed by atoms with van der Waals surface area (Å²) in [4.78, 5) is 13.2. The number of nitrogens with zero attached hydrogens (tertiary/aromatic N) is 1. The van der Waals surface area contributed by atoms with E-state index in [0.29, 0.717) is 5.33 Å². The summed E-state index contributed by atoms with van der Waals surface area (Å²) in [5.74, 6) is 1.01. The summed E-state index contributed by atoms with van der Waals surface area (Å²) in [6.45, 7) is 4.16. The molecule has 0 aromatic rings. The summed E-state index contributed by atoms with van der Waals surface area (Å²) in [7, 11) is 0. The van der Waals surface area contributed by atoms with Crippen molar-refractivity contribution in [3.63, 3.8) is 0 Å². The average Bonchev–Trinajstić information content (AvgIpc) is 2.52. The molecule has 1 heterocycles. The number of alkyl halides is 1. The smallest absolute Gasteiger partial charge is 0.233 e. The Morgan fingerprint density at radius 2 is 2.42 bits per heavy atom. The molecule has 0 radical (unpaired) electrons. The van der Waals surface area contributed by atoms with Gasteiger partial charge in [0, 0.05) is 13.1 Å². The zero-order chi connectivity index (χ0) is 8.97. The van der Waals surface area contributed by atoms with Gasteiger partial charge in [0.05, 0.1) is 5.33 Å². The van der Waals surface area contributed by atoms with Gasteiger partial charge in [-0.1, -0.05) is 29.3 Å². The van der Waals surface area contributed by atoms with Crippen molar-refractivity contribution < 1.29 is 4.79 Å². The quantitative estimate of drug-likeness (QED) is 0.684. The Balaban J connectivity index is 2.30. The Kier molecular flexibility index (Phi) is 4.06. The number of likely N-dealkylation sites (tertiary alicyclic amines) is 1. The lowest BCUT2D eigenvalue weighted by Gasteiger charge is -2.14. The molecule has 1 saturated heterocycles. The summed E-state index contributed by atoms with van der Waals surface area (Å²) in [6.07, 6.45) is 3.71. The molecular formula is C9H16BrNO. The van der Waals surface area contributed by atoms with E-state index in [0.717, 1.165) is 19.0 Å². The molecule has 0 aromatic heterocycles. The third-order valence-corrected chi connectivity index (χ3v) is 2.93. The van der Waals surface area contributed by atoms with Gasteiger partial charge in [0.1, 0.15) is 0 Å². The first-order valence-electron chi connectivity index (χ1n) is 4.61. The predicted octanol–water partition coefficient (Wildman–Crippen LogP) is 2.03. The van der Waals surface area contributed by atoms with Gasteiger partial charge >= 0.3 is 0 Å². The van der Waals surface area contributed by atoms with E-state index in [4.69, 9.17) is 0 Å². The van der Waals surface area contributed by atoms with Crippen molar-refractivity contribution in [3.8, 4) is 0 Å². The molecular weight excluding hydrogens is 218 g/mol. The third kappa shape index (κ3) is 2.47. The zero-order valence-electron chi connectivity index (χ0n) is 7.55. The summed E-state index contributed by atoms with van der Waals surface area (Å²) < 4.78 is 0. The standard InChI is InChI=1S/C9H16BrNO/c1-2-3-8-4-5-11(7-8)9(12)6-10/h8H,2-7H2,1H3. The van der Waals surface area contributed by atoms with Crippen molar-refractivity contribution in [1.82, 2.24) is 4.90 Å². The van der Waals surface area contributed by atoms with Gasteiger partial charge in [0.15, 0.2) is 0 Å². The molecule has 1 aliphatic heterocycles. The molecule has 0 aliphatic carbocycles. The third-order valence-electron chi connectivity index (χ3n) is 2.45. The second-order valence-electron chi connectivity index (χ2n) is 3.42. The molecule has 1 unspecified atom stereocenters. The molecule has 0 N–H and O–H groups in total. The largest absolute Gasteiger partial charge is 0.342 e. The fraction of sp³-hybridized carbons (Fsp3) is 0.889. The maximum Gasteiger partial charge on any atom is 0.233 e. The molecule has 1 aliphatic rings. The van der Waals surface area contributed by atoms with E-state index in [1.54, 1.807) is 0 Å².